The Balaban J connectivity index is 1.87. The van der Waals surface area contributed by atoms with Crippen LogP contribution in [0.15, 0.2) is 81.4 Å². The summed E-state index contributed by atoms with van der Waals surface area (Å²) in [5.74, 6) is -0.280. The van der Waals surface area contributed by atoms with Gasteiger partial charge in [-0.3, -0.25) is 14.3 Å². The second kappa shape index (κ2) is 11.5. The smallest absolute Gasteiger partial charge is 0.296 e. The largest absolute Gasteiger partial charge is 0.493 e. The van der Waals surface area contributed by atoms with Gasteiger partial charge in [-0.15, -0.1) is 0 Å². The zero-order valence-corrected chi connectivity index (χ0v) is 23.1. The number of nitrogens with zero attached hydrogens (tertiary/aromatic N) is 3. The quantitative estimate of drug-likeness (QED) is 0.268. The summed E-state index contributed by atoms with van der Waals surface area (Å²) in [6.45, 7) is 5.79. The van der Waals surface area contributed by atoms with Crippen molar-refractivity contribution in [1.29, 1.82) is 0 Å². The van der Waals surface area contributed by atoms with Crippen LogP contribution in [0.2, 0.25) is 5.02 Å². The molecular formula is C29H30ClN3O4S. The fourth-order valence-corrected chi connectivity index (χ4v) is 6.17. The Morgan fingerprint density at radius 3 is 2.42 bits per heavy atom. The molecule has 0 saturated heterocycles. The van der Waals surface area contributed by atoms with Crippen LogP contribution in [0.3, 0.4) is 0 Å². The lowest BCUT2D eigenvalue weighted by molar-refractivity contribution is 0.358. The molecule has 1 atom stereocenters. The molecule has 0 amide bonds. The zero-order valence-electron chi connectivity index (χ0n) is 21.6. The highest BCUT2D eigenvalue weighted by atomic mass is 35.5. The average Bonchev–Trinajstić information content (AvgIpc) is 2.89. The van der Waals surface area contributed by atoms with Crippen LogP contribution in [0, 0.1) is 6.92 Å². The first-order valence-corrected chi connectivity index (χ1v) is 14.4. The molecule has 0 spiro atoms. The van der Waals surface area contributed by atoms with E-state index < -0.39 is 32.2 Å². The van der Waals surface area contributed by atoms with E-state index in [-0.39, 0.29) is 4.90 Å². The first-order chi connectivity index (χ1) is 18.2. The number of benzene rings is 2. The fraction of sp³-hybridized carbons (Fsp3) is 0.276. The topological polar surface area (TPSA) is 102 Å². The van der Waals surface area contributed by atoms with Crippen molar-refractivity contribution in [3.63, 3.8) is 0 Å². The second-order valence-corrected chi connectivity index (χ2v) is 11.4. The lowest BCUT2D eigenvalue weighted by Gasteiger charge is -2.25. The van der Waals surface area contributed by atoms with Crippen LogP contribution < -0.4 is 5.56 Å². The standard InChI is InChI=1S/C29H30ClN3O4S/c1-4-6-12-26-32-28(34)27(29(35)33(26)25(5-2)21-9-7-10-22(30)18-21)38(36,37)23-15-13-20(14-16-23)24-11-8-17-31-19(24)3/h7-11,13-18,25,35H,4-6,12H2,1-3H3/t25-/m0/s1. The van der Waals surface area contributed by atoms with Crippen LogP contribution in [-0.4, -0.2) is 28.1 Å². The van der Waals surface area contributed by atoms with E-state index in [2.05, 4.69) is 9.97 Å². The van der Waals surface area contributed by atoms with Gasteiger partial charge in [0.2, 0.25) is 15.7 Å². The molecule has 0 fully saturated rings. The van der Waals surface area contributed by atoms with Crippen molar-refractivity contribution in [3.8, 4) is 17.0 Å². The lowest BCUT2D eigenvalue weighted by atomic mass is 10.0. The molecule has 2 aromatic heterocycles. The van der Waals surface area contributed by atoms with Crippen LogP contribution in [0.1, 0.15) is 56.2 Å². The summed E-state index contributed by atoms with van der Waals surface area (Å²) < 4.78 is 28.9. The maximum Gasteiger partial charge on any atom is 0.296 e. The molecule has 0 saturated carbocycles. The minimum Gasteiger partial charge on any atom is -0.493 e. The van der Waals surface area contributed by atoms with E-state index in [1.807, 2.05) is 39.0 Å². The Labute approximate surface area is 227 Å². The highest BCUT2D eigenvalue weighted by Gasteiger charge is 2.32. The SMILES string of the molecule is CCCCc1nc(=O)c(S(=O)(=O)c2ccc(-c3cccnc3C)cc2)c(O)n1[C@@H](CC)c1cccc(Cl)c1. The summed E-state index contributed by atoms with van der Waals surface area (Å²) in [5, 5.41) is 12.0. The average molecular weight is 552 g/mol. The van der Waals surface area contributed by atoms with E-state index in [0.29, 0.717) is 23.7 Å². The maximum absolute atomic E-state index is 13.7. The van der Waals surface area contributed by atoms with Gasteiger partial charge in [-0.05, 0) is 61.2 Å². The molecule has 0 unspecified atom stereocenters. The van der Waals surface area contributed by atoms with Gasteiger partial charge in [0.05, 0.1) is 10.9 Å². The predicted octanol–water partition coefficient (Wildman–Crippen LogP) is 6.15. The highest BCUT2D eigenvalue weighted by Crippen LogP contribution is 2.34. The zero-order chi connectivity index (χ0) is 27.4. The maximum atomic E-state index is 13.7. The van der Waals surface area contributed by atoms with Crippen molar-refractivity contribution in [2.75, 3.05) is 0 Å². The second-order valence-electron chi connectivity index (χ2n) is 9.10. The molecule has 4 rings (SSSR count). The van der Waals surface area contributed by atoms with Crippen LogP contribution in [-0.2, 0) is 16.3 Å². The minimum absolute atomic E-state index is 0.111. The van der Waals surface area contributed by atoms with Gasteiger partial charge in [-0.2, -0.15) is 4.98 Å². The Hall–Kier alpha value is -3.49. The molecule has 2 aromatic carbocycles. The molecule has 198 valence electrons. The van der Waals surface area contributed by atoms with Crippen LogP contribution in [0.5, 0.6) is 5.88 Å². The monoisotopic (exact) mass is 551 g/mol. The van der Waals surface area contributed by atoms with E-state index in [1.165, 1.54) is 16.7 Å². The summed E-state index contributed by atoms with van der Waals surface area (Å²) in [4.78, 5) is 20.8. The number of hydrogen-bond acceptors (Lipinski definition) is 6. The molecule has 38 heavy (non-hydrogen) atoms. The number of unbranched alkanes of at least 4 members (excludes halogenated alkanes) is 1. The molecule has 2 heterocycles. The van der Waals surface area contributed by atoms with E-state index in [9.17, 15) is 18.3 Å². The summed E-state index contributed by atoms with van der Waals surface area (Å²) in [7, 11) is -4.39. The summed E-state index contributed by atoms with van der Waals surface area (Å²) in [6, 6.07) is 16.6. The molecule has 0 aliphatic rings. The van der Waals surface area contributed by atoms with E-state index in [1.54, 1.807) is 36.5 Å². The van der Waals surface area contributed by atoms with Crippen molar-refractivity contribution in [2.24, 2.45) is 0 Å². The predicted molar refractivity (Wildman–Crippen MR) is 149 cm³/mol. The summed E-state index contributed by atoms with van der Waals surface area (Å²) in [5.41, 5.74) is 2.27. The van der Waals surface area contributed by atoms with Gasteiger partial charge < -0.3 is 5.11 Å². The molecule has 9 heteroatoms. The number of hydrogen-bond donors (Lipinski definition) is 1. The minimum atomic E-state index is -4.39. The van der Waals surface area contributed by atoms with Crippen LogP contribution >= 0.6 is 11.6 Å². The highest BCUT2D eigenvalue weighted by molar-refractivity contribution is 7.91. The molecule has 0 radical (unpaired) electrons. The molecule has 0 bridgehead atoms. The van der Waals surface area contributed by atoms with Crippen molar-refractivity contribution >= 4 is 21.4 Å². The first kappa shape index (κ1) is 27.5. The molecule has 0 aliphatic heterocycles. The van der Waals surface area contributed by atoms with Gasteiger partial charge in [0.1, 0.15) is 5.82 Å². The third-order valence-corrected chi connectivity index (χ3v) is 8.59. The molecular weight excluding hydrogens is 522 g/mol. The van der Waals surface area contributed by atoms with Crippen LogP contribution in [0.4, 0.5) is 0 Å². The van der Waals surface area contributed by atoms with E-state index in [0.717, 1.165) is 35.2 Å². The van der Waals surface area contributed by atoms with Gasteiger partial charge in [0.25, 0.3) is 5.56 Å². The Kier molecular flexibility index (Phi) is 8.33. The van der Waals surface area contributed by atoms with Crippen LogP contribution in [0.25, 0.3) is 11.1 Å². The van der Waals surface area contributed by atoms with Crippen molar-refractivity contribution in [3.05, 3.63) is 99.3 Å². The van der Waals surface area contributed by atoms with Crippen molar-refractivity contribution in [2.45, 2.75) is 62.3 Å². The van der Waals surface area contributed by atoms with Gasteiger partial charge in [0.15, 0.2) is 4.90 Å². The number of rotatable bonds is 9. The molecule has 1 N–H and O–H groups in total. The number of aromatic hydroxyl groups is 1. The van der Waals surface area contributed by atoms with Gasteiger partial charge in [-0.1, -0.05) is 62.2 Å². The molecule has 4 aromatic rings. The third-order valence-electron chi connectivity index (χ3n) is 6.57. The Morgan fingerprint density at radius 1 is 1.05 bits per heavy atom. The van der Waals surface area contributed by atoms with Gasteiger partial charge >= 0.3 is 0 Å². The molecule has 0 aliphatic carbocycles. The van der Waals surface area contributed by atoms with Crippen molar-refractivity contribution < 1.29 is 13.5 Å². The Morgan fingerprint density at radius 2 is 1.79 bits per heavy atom. The normalized spacial score (nSPS) is 12.4. The number of halogens is 1. The van der Waals surface area contributed by atoms with E-state index >= 15 is 0 Å². The fourth-order valence-electron chi connectivity index (χ4n) is 4.63. The number of aryl methyl sites for hydroxylation is 2. The number of sulfone groups is 1. The van der Waals surface area contributed by atoms with Crippen molar-refractivity contribution in [1.82, 2.24) is 14.5 Å². The molecule has 7 nitrogen and oxygen atoms in total. The lowest BCUT2D eigenvalue weighted by Crippen LogP contribution is -2.27. The number of pyridine rings is 1. The third kappa shape index (κ3) is 5.37. The summed E-state index contributed by atoms with van der Waals surface area (Å²) in [6.07, 6.45) is 4.17. The van der Waals surface area contributed by atoms with E-state index in [4.69, 9.17) is 11.6 Å². The first-order valence-electron chi connectivity index (χ1n) is 12.6. The number of aromatic nitrogens is 3. The van der Waals surface area contributed by atoms with Gasteiger partial charge in [0, 0.05) is 28.9 Å². The summed E-state index contributed by atoms with van der Waals surface area (Å²) >= 11 is 6.24. The Bertz CT molecular complexity index is 1620. The van der Waals surface area contributed by atoms with Gasteiger partial charge in [-0.25, -0.2) is 8.42 Å².